The second-order valence-corrected chi connectivity index (χ2v) is 5.34. The highest BCUT2D eigenvalue weighted by Crippen LogP contribution is 2.23. The first kappa shape index (κ1) is 14.2. The second kappa shape index (κ2) is 5.63. The highest BCUT2D eigenvalue weighted by atomic mass is 16.3. The van der Waals surface area contributed by atoms with Gasteiger partial charge in [-0.25, -0.2) is 0 Å². The van der Waals surface area contributed by atoms with Gasteiger partial charge in [0.1, 0.15) is 0 Å². The molecular formula is C14H24N2O. The fourth-order valence-electron chi connectivity index (χ4n) is 2.23. The maximum Gasteiger partial charge on any atom is 0.0718 e. The molecule has 1 atom stereocenters. The first-order valence-electron chi connectivity index (χ1n) is 6.03. The van der Waals surface area contributed by atoms with Crippen LogP contribution in [0, 0.1) is 6.92 Å². The number of benzene rings is 1. The van der Waals surface area contributed by atoms with Crippen molar-refractivity contribution in [3.05, 3.63) is 35.4 Å². The molecule has 0 aliphatic heterocycles. The zero-order chi connectivity index (χ0) is 13.1. The van der Waals surface area contributed by atoms with E-state index in [1.54, 1.807) is 0 Å². The third-order valence-electron chi connectivity index (χ3n) is 2.94. The molecule has 0 spiro atoms. The molecule has 0 aliphatic carbocycles. The molecule has 1 aromatic rings. The van der Waals surface area contributed by atoms with Gasteiger partial charge >= 0.3 is 0 Å². The summed E-state index contributed by atoms with van der Waals surface area (Å²) in [6.07, 6.45) is 0. The van der Waals surface area contributed by atoms with Gasteiger partial charge in [-0.1, -0.05) is 24.3 Å². The van der Waals surface area contributed by atoms with E-state index in [1.165, 1.54) is 11.1 Å². The standard InChI is InChI=1S/C14H24N2O/c1-11-7-5-6-8-12(11)13(9-15)16(4)10-14(2,3)17/h5-8,13,17H,9-10,15H2,1-4H3. The normalized spacial score (nSPS) is 14.1. The SMILES string of the molecule is Cc1ccccc1C(CN)N(C)CC(C)(C)O. The molecule has 3 heteroatoms. The molecule has 17 heavy (non-hydrogen) atoms. The Morgan fingerprint density at radius 2 is 1.94 bits per heavy atom. The third-order valence-corrected chi connectivity index (χ3v) is 2.94. The lowest BCUT2D eigenvalue weighted by atomic mass is 9.99. The Hall–Kier alpha value is -0.900. The minimum absolute atomic E-state index is 0.155. The van der Waals surface area contributed by atoms with Crippen LogP contribution in [0.1, 0.15) is 31.0 Å². The maximum atomic E-state index is 9.87. The fourth-order valence-corrected chi connectivity index (χ4v) is 2.23. The third kappa shape index (κ3) is 4.11. The van der Waals surface area contributed by atoms with Crippen molar-refractivity contribution >= 4 is 0 Å². The average molecular weight is 236 g/mol. The minimum atomic E-state index is -0.704. The molecule has 96 valence electrons. The van der Waals surface area contributed by atoms with Gasteiger partial charge in [0.2, 0.25) is 0 Å². The van der Waals surface area contributed by atoms with Gasteiger partial charge in [0.25, 0.3) is 0 Å². The smallest absolute Gasteiger partial charge is 0.0718 e. The molecule has 0 aliphatic rings. The Morgan fingerprint density at radius 3 is 2.41 bits per heavy atom. The number of rotatable bonds is 5. The maximum absolute atomic E-state index is 9.87. The Labute approximate surface area is 104 Å². The van der Waals surface area contributed by atoms with Gasteiger partial charge < -0.3 is 10.8 Å². The Morgan fingerprint density at radius 1 is 1.35 bits per heavy atom. The summed E-state index contributed by atoms with van der Waals surface area (Å²) in [6, 6.07) is 8.41. The van der Waals surface area contributed by atoms with E-state index in [4.69, 9.17) is 5.73 Å². The van der Waals surface area contributed by atoms with Crippen LogP contribution < -0.4 is 5.73 Å². The Kier molecular flexibility index (Phi) is 4.69. The van der Waals surface area contributed by atoms with Crippen molar-refractivity contribution in [1.82, 2.24) is 4.90 Å². The van der Waals surface area contributed by atoms with Crippen molar-refractivity contribution in [3.8, 4) is 0 Å². The number of likely N-dealkylation sites (N-methyl/N-ethyl adjacent to an activating group) is 1. The van der Waals surface area contributed by atoms with Gasteiger partial charge in [-0.2, -0.15) is 0 Å². The fraction of sp³-hybridized carbons (Fsp3) is 0.571. The monoisotopic (exact) mass is 236 g/mol. The van der Waals surface area contributed by atoms with Crippen LogP contribution in [0.2, 0.25) is 0 Å². The van der Waals surface area contributed by atoms with Crippen LogP contribution in [0.15, 0.2) is 24.3 Å². The van der Waals surface area contributed by atoms with Gasteiger partial charge in [0, 0.05) is 19.1 Å². The molecule has 0 amide bonds. The number of aliphatic hydroxyl groups is 1. The van der Waals surface area contributed by atoms with Crippen LogP contribution in [-0.2, 0) is 0 Å². The van der Waals surface area contributed by atoms with E-state index in [1.807, 2.05) is 33.0 Å². The first-order valence-corrected chi connectivity index (χ1v) is 6.03. The number of aryl methyl sites for hydroxylation is 1. The zero-order valence-electron chi connectivity index (χ0n) is 11.3. The number of hydrogen-bond acceptors (Lipinski definition) is 3. The van der Waals surface area contributed by atoms with Crippen molar-refractivity contribution in [2.24, 2.45) is 5.73 Å². The molecule has 0 aromatic heterocycles. The zero-order valence-corrected chi connectivity index (χ0v) is 11.3. The molecule has 1 aromatic carbocycles. The van der Waals surface area contributed by atoms with Crippen molar-refractivity contribution in [2.45, 2.75) is 32.4 Å². The molecule has 0 radical (unpaired) electrons. The number of hydrogen-bond donors (Lipinski definition) is 2. The Bertz CT molecular complexity index is 357. The molecule has 1 rings (SSSR count). The van der Waals surface area contributed by atoms with Crippen molar-refractivity contribution in [3.63, 3.8) is 0 Å². The number of nitrogens with zero attached hydrogens (tertiary/aromatic N) is 1. The van der Waals surface area contributed by atoms with Crippen LogP contribution >= 0.6 is 0 Å². The molecule has 0 heterocycles. The lowest BCUT2D eigenvalue weighted by Crippen LogP contribution is -2.40. The summed E-state index contributed by atoms with van der Waals surface area (Å²) in [6.45, 7) is 6.88. The lowest BCUT2D eigenvalue weighted by molar-refractivity contribution is 0.0320. The summed E-state index contributed by atoms with van der Waals surface area (Å²) in [5.74, 6) is 0. The van der Waals surface area contributed by atoms with Gasteiger partial charge in [-0.3, -0.25) is 4.90 Å². The average Bonchev–Trinajstić information content (AvgIpc) is 2.19. The predicted octanol–water partition coefficient (Wildman–Crippen LogP) is 1.70. The molecule has 0 bridgehead atoms. The van der Waals surface area contributed by atoms with Crippen LogP contribution in [0.3, 0.4) is 0 Å². The molecule has 0 saturated carbocycles. The van der Waals surface area contributed by atoms with E-state index in [0.29, 0.717) is 13.1 Å². The summed E-state index contributed by atoms with van der Waals surface area (Å²) in [7, 11) is 2.00. The van der Waals surface area contributed by atoms with Gasteiger partial charge in [0.15, 0.2) is 0 Å². The molecule has 3 N–H and O–H groups in total. The van der Waals surface area contributed by atoms with E-state index in [2.05, 4.69) is 24.0 Å². The molecular weight excluding hydrogens is 212 g/mol. The van der Waals surface area contributed by atoms with Crippen LogP contribution in [0.25, 0.3) is 0 Å². The summed E-state index contributed by atoms with van der Waals surface area (Å²) < 4.78 is 0. The van der Waals surface area contributed by atoms with E-state index >= 15 is 0 Å². The van der Waals surface area contributed by atoms with E-state index < -0.39 is 5.60 Å². The summed E-state index contributed by atoms with van der Waals surface area (Å²) in [4.78, 5) is 2.11. The molecule has 0 fully saturated rings. The molecule has 1 unspecified atom stereocenters. The van der Waals surface area contributed by atoms with Gasteiger partial charge in [-0.15, -0.1) is 0 Å². The number of nitrogens with two attached hydrogens (primary N) is 1. The van der Waals surface area contributed by atoms with Crippen LogP contribution in [-0.4, -0.2) is 35.7 Å². The van der Waals surface area contributed by atoms with Crippen molar-refractivity contribution in [1.29, 1.82) is 0 Å². The molecule has 3 nitrogen and oxygen atoms in total. The lowest BCUT2D eigenvalue weighted by Gasteiger charge is -2.33. The van der Waals surface area contributed by atoms with Crippen LogP contribution in [0.4, 0.5) is 0 Å². The summed E-state index contributed by atoms with van der Waals surface area (Å²) in [5.41, 5.74) is 7.65. The predicted molar refractivity (Wildman–Crippen MR) is 71.9 cm³/mol. The van der Waals surface area contributed by atoms with E-state index in [0.717, 1.165) is 0 Å². The van der Waals surface area contributed by atoms with E-state index in [9.17, 15) is 5.11 Å². The van der Waals surface area contributed by atoms with Crippen molar-refractivity contribution in [2.75, 3.05) is 20.1 Å². The summed E-state index contributed by atoms with van der Waals surface area (Å²) >= 11 is 0. The topological polar surface area (TPSA) is 49.5 Å². The quantitative estimate of drug-likeness (QED) is 0.818. The first-order chi connectivity index (χ1) is 7.85. The second-order valence-electron chi connectivity index (χ2n) is 5.34. The van der Waals surface area contributed by atoms with Gasteiger partial charge in [0.05, 0.1) is 5.60 Å². The van der Waals surface area contributed by atoms with Gasteiger partial charge in [-0.05, 0) is 38.9 Å². The highest BCUT2D eigenvalue weighted by molar-refractivity contribution is 5.29. The highest BCUT2D eigenvalue weighted by Gasteiger charge is 2.22. The Balaban J connectivity index is 2.89. The largest absolute Gasteiger partial charge is 0.389 e. The molecule has 0 saturated heterocycles. The van der Waals surface area contributed by atoms with E-state index in [-0.39, 0.29) is 6.04 Å². The van der Waals surface area contributed by atoms with Crippen LogP contribution in [0.5, 0.6) is 0 Å². The van der Waals surface area contributed by atoms with Crippen molar-refractivity contribution < 1.29 is 5.11 Å². The minimum Gasteiger partial charge on any atom is -0.389 e. The summed E-state index contributed by atoms with van der Waals surface area (Å²) in [5, 5.41) is 9.87.